The van der Waals surface area contributed by atoms with Crippen LogP contribution in [0.4, 0.5) is 0 Å². The van der Waals surface area contributed by atoms with Gasteiger partial charge in [0, 0.05) is 22.8 Å². The van der Waals surface area contributed by atoms with E-state index in [-0.39, 0.29) is 41.8 Å². The summed E-state index contributed by atoms with van der Waals surface area (Å²) in [5.74, 6) is -2.33. The van der Waals surface area contributed by atoms with E-state index in [2.05, 4.69) is 0 Å². The van der Waals surface area contributed by atoms with Crippen molar-refractivity contribution in [2.45, 2.75) is 117 Å². The Morgan fingerprint density at radius 2 is 1.32 bits per heavy atom. The molecular formula is C35H41NO11. The summed E-state index contributed by atoms with van der Waals surface area (Å²) in [7, 11) is 0. The minimum absolute atomic E-state index is 0.0607. The van der Waals surface area contributed by atoms with E-state index < -0.39 is 80.2 Å². The molecule has 252 valence electrons. The normalized spacial score (nSPS) is 36.8. The Morgan fingerprint density at radius 3 is 1.79 bits per heavy atom. The van der Waals surface area contributed by atoms with Gasteiger partial charge in [-0.3, -0.25) is 9.59 Å². The number of rotatable bonds is 5. The van der Waals surface area contributed by atoms with Gasteiger partial charge in [0.25, 0.3) is 0 Å². The van der Waals surface area contributed by atoms with Gasteiger partial charge in [0.15, 0.2) is 12.2 Å². The number of fused-ring (bicyclic) bond motifs is 7. The Balaban J connectivity index is 1.37. The summed E-state index contributed by atoms with van der Waals surface area (Å²) in [6.45, 7) is 14.1. The van der Waals surface area contributed by atoms with E-state index in [1.54, 1.807) is 59.7 Å². The third kappa shape index (κ3) is 3.54. The number of carbonyl (C=O) groups is 4. The van der Waals surface area contributed by atoms with Gasteiger partial charge >= 0.3 is 29.5 Å². The van der Waals surface area contributed by atoms with Gasteiger partial charge in [0.2, 0.25) is 11.2 Å². The van der Waals surface area contributed by atoms with Gasteiger partial charge in [-0.2, -0.15) is 0 Å². The van der Waals surface area contributed by atoms with Crippen LogP contribution in [0, 0.1) is 21.7 Å². The number of ether oxygens (including phenoxy) is 5. The molecule has 1 aromatic heterocycles. The average molecular weight is 652 g/mol. The third-order valence-corrected chi connectivity index (χ3v) is 13.1. The predicted octanol–water partition coefficient (Wildman–Crippen LogP) is 4.16. The lowest BCUT2D eigenvalue weighted by atomic mass is 9.66. The van der Waals surface area contributed by atoms with Gasteiger partial charge in [-0.25, -0.2) is 14.4 Å². The molecule has 0 spiro atoms. The molecule has 5 aliphatic rings. The topological polar surface area (TPSA) is 171 Å². The Bertz CT molecular complexity index is 1860. The molecule has 2 saturated carbocycles. The Morgan fingerprint density at radius 1 is 0.787 bits per heavy atom. The maximum Gasteiger partial charge on any atom is 0.351 e. The molecule has 6 atom stereocenters. The summed E-state index contributed by atoms with van der Waals surface area (Å²) in [5, 5.41) is 0.480. The van der Waals surface area contributed by atoms with E-state index >= 15 is 0 Å². The minimum atomic E-state index is -1.61. The molecule has 12 nitrogen and oxygen atoms in total. The fraction of sp³-hybridized carbons (Fsp3) is 0.629. The van der Waals surface area contributed by atoms with Crippen molar-refractivity contribution >= 4 is 34.8 Å². The molecule has 4 fully saturated rings. The first-order valence-electron chi connectivity index (χ1n) is 16.1. The van der Waals surface area contributed by atoms with E-state index in [1.807, 2.05) is 13.8 Å². The first-order valence-corrected chi connectivity index (χ1v) is 16.1. The van der Waals surface area contributed by atoms with Crippen LogP contribution in [0.5, 0.6) is 5.75 Å². The fourth-order valence-electron chi connectivity index (χ4n) is 8.74. The van der Waals surface area contributed by atoms with Crippen molar-refractivity contribution in [1.29, 1.82) is 0 Å². The number of nitrogens with two attached hydrogens (primary N) is 1. The molecule has 47 heavy (non-hydrogen) atoms. The molecule has 1 aromatic carbocycles. The van der Waals surface area contributed by atoms with Gasteiger partial charge in [-0.05, 0) is 71.6 Å². The quantitative estimate of drug-likeness (QED) is 0.279. The second kappa shape index (κ2) is 9.15. The third-order valence-electron chi connectivity index (χ3n) is 13.1. The highest BCUT2D eigenvalue weighted by molar-refractivity contribution is 5.95. The Kier molecular flexibility index (Phi) is 6.16. The minimum Gasteiger partial charge on any atom is -0.483 e. The van der Waals surface area contributed by atoms with Crippen molar-refractivity contribution in [3.8, 4) is 5.75 Å². The lowest BCUT2D eigenvalue weighted by Crippen LogP contribution is -2.57. The molecule has 0 radical (unpaired) electrons. The number of hydrogen-bond donors (Lipinski definition) is 1. The smallest absolute Gasteiger partial charge is 0.351 e. The van der Waals surface area contributed by atoms with E-state index in [1.165, 1.54) is 0 Å². The maximum atomic E-state index is 14.5. The van der Waals surface area contributed by atoms with E-state index in [0.29, 0.717) is 18.2 Å². The highest BCUT2D eigenvalue weighted by atomic mass is 16.7. The molecule has 12 heteroatoms. The van der Waals surface area contributed by atoms with E-state index in [9.17, 15) is 24.0 Å². The van der Waals surface area contributed by atoms with Crippen molar-refractivity contribution in [1.82, 2.24) is 0 Å². The van der Waals surface area contributed by atoms with Gasteiger partial charge in [-0.15, -0.1) is 0 Å². The summed E-state index contributed by atoms with van der Waals surface area (Å²) in [5.41, 5.74) is -2.58. The summed E-state index contributed by atoms with van der Waals surface area (Å²) < 4.78 is 36.5. The van der Waals surface area contributed by atoms with E-state index in [0.717, 1.165) is 0 Å². The molecular weight excluding hydrogens is 610 g/mol. The zero-order chi connectivity index (χ0) is 34.3. The van der Waals surface area contributed by atoms with Gasteiger partial charge in [0.1, 0.15) is 16.9 Å². The molecule has 2 aromatic rings. The lowest BCUT2D eigenvalue weighted by Gasteiger charge is -2.45. The van der Waals surface area contributed by atoms with Crippen LogP contribution in [0.25, 0.3) is 11.0 Å². The largest absolute Gasteiger partial charge is 0.483 e. The Labute approximate surface area is 271 Å². The Hall–Kier alpha value is -3.93. The van der Waals surface area contributed by atoms with Crippen molar-refractivity contribution < 1.29 is 47.3 Å². The molecule has 2 saturated heterocycles. The number of hydrogen-bond acceptors (Lipinski definition) is 12. The maximum absolute atomic E-state index is 14.5. The molecule has 2 aliphatic carbocycles. The summed E-state index contributed by atoms with van der Waals surface area (Å²) in [6, 6.07) is 4.94. The zero-order valence-electron chi connectivity index (χ0n) is 28.0. The first kappa shape index (κ1) is 31.7. The molecule has 7 rings (SSSR count). The predicted molar refractivity (Wildman–Crippen MR) is 164 cm³/mol. The molecule has 4 bridgehead atoms. The second-order valence-electron chi connectivity index (χ2n) is 15.9. The fourth-order valence-corrected chi connectivity index (χ4v) is 8.74. The zero-order valence-corrected chi connectivity index (χ0v) is 28.0. The van der Waals surface area contributed by atoms with Crippen LogP contribution in [0.1, 0.15) is 98.3 Å². The first-order chi connectivity index (χ1) is 21.7. The number of benzene rings is 1. The lowest BCUT2D eigenvalue weighted by molar-refractivity contribution is -0.217. The standard InChI is InChI=1S/C35H41NO11/c1-29(2)23(44-28(41)35-14-12-33(8,26(39)47-35)31(35,5)6)22(43-27(40)34-13-11-32(7,25(38)46-34)30(34,3)4)20-19(45-29)10-9-17-15-18(16-36)24(37)42-21(17)20/h9-10,15,22-23H,11-14,16,36H2,1-8H3/t22-,23-,32+,33+,34-,35-/m1/s1. The van der Waals surface area contributed by atoms with Crippen molar-refractivity contribution in [2.24, 2.45) is 27.4 Å². The molecule has 2 N–H and O–H groups in total. The van der Waals surface area contributed by atoms with Crippen LogP contribution < -0.4 is 16.1 Å². The van der Waals surface area contributed by atoms with Crippen LogP contribution in [0.2, 0.25) is 0 Å². The van der Waals surface area contributed by atoms with Crippen molar-refractivity contribution in [3.63, 3.8) is 0 Å². The molecule has 3 aliphatic heterocycles. The van der Waals surface area contributed by atoms with Crippen LogP contribution in [-0.4, -0.2) is 46.8 Å². The molecule has 0 unspecified atom stereocenters. The van der Waals surface area contributed by atoms with Crippen molar-refractivity contribution in [3.05, 3.63) is 39.7 Å². The van der Waals surface area contributed by atoms with Crippen LogP contribution in [0.15, 0.2) is 27.4 Å². The number of carbonyl (C=O) groups excluding carboxylic acids is 4. The van der Waals surface area contributed by atoms with Crippen LogP contribution in [0.3, 0.4) is 0 Å². The summed E-state index contributed by atoms with van der Waals surface area (Å²) >= 11 is 0. The van der Waals surface area contributed by atoms with Crippen LogP contribution in [-0.2, 0) is 44.7 Å². The molecule has 4 heterocycles. The van der Waals surface area contributed by atoms with Crippen LogP contribution >= 0.6 is 0 Å². The average Bonchev–Trinajstić information content (AvgIpc) is 3.46. The second-order valence-corrected chi connectivity index (χ2v) is 15.9. The SMILES string of the molecule is CC1(C)Oc2ccc3cc(CN)c(=O)oc3c2[C@@H](OC(=O)[C@@]23CC[C@@](C)(C(=O)O2)C3(C)C)[C@H]1OC(=O)[C@@]12CC[C@@](C)(C(=O)O1)C2(C)C. The summed E-state index contributed by atoms with van der Waals surface area (Å²) in [4.78, 5) is 67.8. The highest BCUT2D eigenvalue weighted by Gasteiger charge is 2.78. The summed E-state index contributed by atoms with van der Waals surface area (Å²) in [6.07, 6.45) is -1.37. The van der Waals surface area contributed by atoms with E-state index in [4.69, 9.17) is 33.8 Å². The van der Waals surface area contributed by atoms with Gasteiger partial charge in [0.05, 0.1) is 22.0 Å². The van der Waals surface area contributed by atoms with Gasteiger partial charge < -0.3 is 33.8 Å². The van der Waals surface area contributed by atoms with Crippen molar-refractivity contribution in [2.75, 3.05) is 0 Å². The monoisotopic (exact) mass is 651 g/mol. The molecule has 0 amide bonds. The number of esters is 4. The highest BCUT2D eigenvalue weighted by Crippen LogP contribution is 2.67. The van der Waals surface area contributed by atoms with Gasteiger partial charge in [-0.1, -0.05) is 27.7 Å².